The number of hydrogen-bond donors (Lipinski definition) is 2. The smallest absolute Gasteiger partial charge is 0.359 e. The molecule has 0 saturated heterocycles. The van der Waals surface area contributed by atoms with Crippen LogP contribution in [0.5, 0.6) is 0 Å². The van der Waals surface area contributed by atoms with E-state index in [1.54, 1.807) is 22.6 Å². The first-order valence-electron chi connectivity index (χ1n) is 13.4. The Bertz CT molecular complexity index is 1720. The van der Waals surface area contributed by atoms with Gasteiger partial charge in [-0.05, 0) is 53.6 Å². The van der Waals surface area contributed by atoms with Gasteiger partial charge in [-0.1, -0.05) is 41.6 Å². The van der Waals surface area contributed by atoms with Crippen molar-refractivity contribution in [1.29, 1.82) is 0 Å². The third-order valence-electron chi connectivity index (χ3n) is 6.79. The van der Waals surface area contributed by atoms with E-state index in [0.717, 1.165) is 46.0 Å². The largest absolute Gasteiger partial charge is 0.416 e. The molecule has 2 aromatic heterocycles. The van der Waals surface area contributed by atoms with E-state index in [0.29, 0.717) is 17.7 Å². The lowest BCUT2D eigenvalue weighted by atomic mass is 10.0. The molecule has 0 radical (unpaired) electrons. The topological polar surface area (TPSA) is 107 Å². The van der Waals surface area contributed by atoms with Crippen molar-refractivity contribution in [3.8, 4) is 33.8 Å². The fourth-order valence-electron chi connectivity index (χ4n) is 4.47. The molecule has 2 heterocycles. The zero-order chi connectivity index (χ0) is 30.6. The highest BCUT2D eigenvalue weighted by molar-refractivity contribution is 5.76. The third-order valence-corrected chi connectivity index (χ3v) is 6.79. The highest BCUT2D eigenvalue weighted by atomic mass is 19.4. The molecule has 12 heteroatoms. The lowest BCUT2D eigenvalue weighted by Crippen LogP contribution is -2.19. The van der Waals surface area contributed by atoms with Gasteiger partial charge in [-0.2, -0.15) is 18.3 Å². The molecule has 3 aromatic carbocycles. The van der Waals surface area contributed by atoms with Gasteiger partial charge >= 0.3 is 6.18 Å². The number of halogens is 3. The van der Waals surface area contributed by atoms with Crippen molar-refractivity contribution in [2.24, 2.45) is 0 Å². The molecule has 0 bridgehead atoms. The van der Waals surface area contributed by atoms with Gasteiger partial charge in [0, 0.05) is 32.4 Å². The lowest BCUT2D eigenvalue weighted by Gasteiger charge is -2.10. The number of alkyl halides is 3. The van der Waals surface area contributed by atoms with Crippen molar-refractivity contribution in [2.75, 3.05) is 7.05 Å². The Morgan fingerprint density at radius 1 is 0.837 bits per heavy atom. The Hall–Kier alpha value is -5.26. The summed E-state index contributed by atoms with van der Waals surface area (Å²) in [5, 5.41) is 18.3. The van der Waals surface area contributed by atoms with E-state index in [4.69, 9.17) is 5.10 Å². The Labute approximate surface area is 245 Å². The van der Waals surface area contributed by atoms with Crippen molar-refractivity contribution >= 4 is 11.8 Å². The molecule has 0 aliphatic carbocycles. The molecular formula is C31H28F3N7O2. The first-order valence-corrected chi connectivity index (χ1v) is 13.4. The summed E-state index contributed by atoms with van der Waals surface area (Å²) in [6, 6.07) is 22.0. The SMILES string of the molecule is CNC(=O)CCc1cc(-c2ccc(-c3ccc(C(F)(F)F)cc3)cc2)n(-c2ccc(-n3cc(CNC(C)=O)nn3)cc2)n1. The van der Waals surface area contributed by atoms with Crippen molar-refractivity contribution in [3.63, 3.8) is 0 Å². The summed E-state index contributed by atoms with van der Waals surface area (Å²) in [7, 11) is 1.59. The molecule has 9 nitrogen and oxygen atoms in total. The second kappa shape index (κ2) is 12.3. The van der Waals surface area contributed by atoms with Crippen LogP contribution in [0.4, 0.5) is 13.2 Å². The van der Waals surface area contributed by atoms with Crippen LogP contribution in [0.25, 0.3) is 33.8 Å². The van der Waals surface area contributed by atoms with E-state index in [-0.39, 0.29) is 24.8 Å². The zero-order valence-corrected chi connectivity index (χ0v) is 23.4. The number of benzene rings is 3. The predicted molar refractivity (Wildman–Crippen MR) is 154 cm³/mol. The van der Waals surface area contributed by atoms with Crippen LogP contribution in [0.15, 0.2) is 85.1 Å². The molecule has 2 amide bonds. The van der Waals surface area contributed by atoms with Crippen molar-refractivity contribution in [2.45, 2.75) is 32.5 Å². The van der Waals surface area contributed by atoms with Crippen LogP contribution >= 0.6 is 0 Å². The van der Waals surface area contributed by atoms with Crippen LogP contribution < -0.4 is 10.6 Å². The quantitative estimate of drug-likeness (QED) is 0.249. The van der Waals surface area contributed by atoms with E-state index < -0.39 is 11.7 Å². The van der Waals surface area contributed by atoms with Gasteiger partial charge in [-0.25, -0.2) is 9.36 Å². The minimum absolute atomic E-state index is 0.0907. The Morgan fingerprint density at radius 2 is 1.44 bits per heavy atom. The number of aromatic nitrogens is 5. The van der Waals surface area contributed by atoms with Crippen LogP contribution in [-0.2, 0) is 28.7 Å². The number of rotatable bonds is 9. The minimum Gasteiger partial charge on any atom is -0.359 e. The van der Waals surface area contributed by atoms with Crippen molar-refractivity contribution in [3.05, 3.63) is 102 Å². The second-order valence-electron chi connectivity index (χ2n) is 9.84. The summed E-state index contributed by atoms with van der Waals surface area (Å²) in [5.41, 5.74) is 5.27. The van der Waals surface area contributed by atoms with E-state index in [9.17, 15) is 22.8 Å². The zero-order valence-electron chi connectivity index (χ0n) is 23.4. The number of nitrogens with zero attached hydrogens (tertiary/aromatic N) is 5. The standard InChI is InChI=1S/C31H28F3N7O2/c1-20(42)36-18-26-19-40(39-37-26)27-12-14-28(15-13-27)41-29(17-25(38-41)11-16-30(43)35-2)23-5-3-21(4-6-23)22-7-9-24(10-8-22)31(32,33)34/h3-10,12-15,17,19H,11,16,18H2,1-2H3,(H,35,43)(H,36,42). The molecule has 0 aliphatic heterocycles. The highest BCUT2D eigenvalue weighted by Gasteiger charge is 2.30. The van der Waals surface area contributed by atoms with Gasteiger partial charge in [-0.3, -0.25) is 9.59 Å². The van der Waals surface area contributed by atoms with Crippen molar-refractivity contribution in [1.82, 2.24) is 35.4 Å². The monoisotopic (exact) mass is 587 g/mol. The number of hydrogen-bond acceptors (Lipinski definition) is 5. The van der Waals surface area contributed by atoms with Crippen LogP contribution in [0, 0.1) is 0 Å². The molecule has 0 aliphatic rings. The number of aryl methyl sites for hydroxylation is 1. The van der Waals surface area contributed by atoms with Crippen LogP contribution in [-0.4, -0.2) is 43.6 Å². The van der Waals surface area contributed by atoms with Gasteiger partial charge in [0.1, 0.15) is 5.69 Å². The minimum atomic E-state index is -4.39. The maximum Gasteiger partial charge on any atom is 0.416 e. The fraction of sp³-hybridized carbons (Fsp3) is 0.194. The van der Waals surface area contributed by atoms with Gasteiger partial charge < -0.3 is 10.6 Å². The van der Waals surface area contributed by atoms with E-state index in [1.165, 1.54) is 19.1 Å². The molecule has 0 saturated carbocycles. The molecular weight excluding hydrogens is 559 g/mol. The van der Waals surface area contributed by atoms with Gasteiger partial charge in [0.2, 0.25) is 11.8 Å². The van der Waals surface area contributed by atoms with Crippen molar-refractivity contribution < 1.29 is 22.8 Å². The summed E-state index contributed by atoms with van der Waals surface area (Å²) in [6.45, 7) is 1.71. The number of carbonyl (C=O) groups excluding carboxylic acids is 2. The molecule has 0 spiro atoms. The summed E-state index contributed by atoms with van der Waals surface area (Å²) in [5.74, 6) is -0.245. The van der Waals surface area contributed by atoms with E-state index >= 15 is 0 Å². The highest BCUT2D eigenvalue weighted by Crippen LogP contribution is 2.32. The number of amides is 2. The van der Waals surface area contributed by atoms with Gasteiger partial charge in [0.05, 0.1) is 41.1 Å². The fourth-order valence-corrected chi connectivity index (χ4v) is 4.47. The third kappa shape index (κ3) is 6.97. The van der Waals surface area contributed by atoms with E-state index in [2.05, 4.69) is 20.9 Å². The molecule has 5 rings (SSSR count). The maximum atomic E-state index is 13.0. The number of carbonyl (C=O) groups is 2. The molecule has 43 heavy (non-hydrogen) atoms. The molecule has 5 aromatic rings. The number of nitrogens with one attached hydrogen (secondary N) is 2. The summed E-state index contributed by atoms with van der Waals surface area (Å²) in [6.07, 6.45) is -1.93. The summed E-state index contributed by atoms with van der Waals surface area (Å²) >= 11 is 0. The average Bonchev–Trinajstić information content (AvgIpc) is 3.66. The van der Waals surface area contributed by atoms with Gasteiger partial charge in [-0.15, -0.1) is 5.10 Å². The van der Waals surface area contributed by atoms with Crippen LogP contribution in [0.3, 0.4) is 0 Å². The summed E-state index contributed by atoms with van der Waals surface area (Å²) < 4.78 is 42.3. The van der Waals surface area contributed by atoms with Gasteiger partial charge in [0.15, 0.2) is 0 Å². The Balaban J connectivity index is 1.42. The maximum absolute atomic E-state index is 13.0. The lowest BCUT2D eigenvalue weighted by molar-refractivity contribution is -0.137. The summed E-state index contributed by atoms with van der Waals surface area (Å²) in [4.78, 5) is 23.1. The normalized spacial score (nSPS) is 11.4. The van der Waals surface area contributed by atoms with Gasteiger partial charge in [0.25, 0.3) is 0 Å². The molecule has 0 unspecified atom stereocenters. The molecule has 0 atom stereocenters. The first kappa shape index (κ1) is 29.2. The van der Waals surface area contributed by atoms with Crippen LogP contribution in [0.2, 0.25) is 0 Å². The predicted octanol–water partition coefficient (Wildman–Crippen LogP) is 5.12. The van der Waals surface area contributed by atoms with E-state index in [1.807, 2.05) is 54.6 Å². The molecule has 0 fully saturated rings. The molecule has 220 valence electrons. The second-order valence-corrected chi connectivity index (χ2v) is 9.84. The molecule has 2 N–H and O–H groups in total. The Kier molecular flexibility index (Phi) is 8.37. The average molecular weight is 588 g/mol. The first-order chi connectivity index (χ1) is 20.6. The van der Waals surface area contributed by atoms with Crippen LogP contribution in [0.1, 0.15) is 30.3 Å². The Morgan fingerprint density at radius 3 is 2.05 bits per heavy atom.